The normalized spacial score (nSPS) is 16.1. The number of aromatic nitrogens is 1. The number of nitrogens with one attached hydrogen (secondary N) is 1. The van der Waals surface area contributed by atoms with Crippen LogP contribution in [0.3, 0.4) is 0 Å². The second kappa shape index (κ2) is 7.07. The monoisotopic (exact) mass is 363 g/mol. The van der Waals surface area contributed by atoms with Crippen molar-refractivity contribution in [3.05, 3.63) is 90.0 Å². The van der Waals surface area contributed by atoms with Crippen LogP contribution in [0.25, 0.3) is 0 Å². The van der Waals surface area contributed by atoms with E-state index in [0.717, 1.165) is 5.56 Å². The molecule has 0 spiro atoms. The predicted octanol–water partition coefficient (Wildman–Crippen LogP) is 3.29. The molecule has 6 heteroatoms. The summed E-state index contributed by atoms with van der Waals surface area (Å²) < 4.78 is 15.7. The minimum Gasteiger partial charge on any atom is -0.341 e. The van der Waals surface area contributed by atoms with Gasteiger partial charge in [-0.3, -0.25) is 9.59 Å². The van der Waals surface area contributed by atoms with Crippen molar-refractivity contribution in [2.45, 2.75) is 19.1 Å². The molecule has 0 radical (unpaired) electrons. The highest BCUT2D eigenvalue weighted by atomic mass is 19.1. The highest BCUT2D eigenvalue weighted by molar-refractivity contribution is 6.01. The fourth-order valence-corrected chi connectivity index (χ4v) is 3.31. The molecule has 0 aliphatic carbocycles. The lowest BCUT2D eigenvalue weighted by molar-refractivity contribution is -0.121. The summed E-state index contributed by atoms with van der Waals surface area (Å²) in [6.07, 6.45) is 1.77. The fraction of sp³-hybridized carbons (Fsp3) is 0.143. The van der Waals surface area contributed by atoms with Gasteiger partial charge in [-0.1, -0.05) is 42.5 Å². The van der Waals surface area contributed by atoms with Crippen LogP contribution < -0.4 is 5.32 Å². The summed E-state index contributed by atoms with van der Waals surface area (Å²) in [4.78, 5) is 27.4. The van der Waals surface area contributed by atoms with Gasteiger partial charge in [0.2, 0.25) is 5.91 Å². The van der Waals surface area contributed by atoms with E-state index in [0.29, 0.717) is 18.8 Å². The smallest absolute Gasteiger partial charge is 0.271 e. The summed E-state index contributed by atoms with van der Waals surface area (Å²) in [6.45, 7) is 0.626. The van der Waals surface area contributed by atoms with E-state index in [1.807, 2.05) is 30.3 Å². The van der Waals surface area contributed by atoms with Gasteiger partial charge in [0.15, 0.2) is 0 Å². The van der Waals surface area contributed by atoms with Gasteiger partial charge in [0.25, 0.3) is 5.91 Å². The Morgan fingerprint density at radius 3 is 2.56 bits per heavy atom. The minimum absolute atomic E-state index is 0.105. The first-order chi connectivity index (χ1) is 13.1. The number of rotatable bonds is 4. The lowest BCUT2D eigenvalue weighted by Crippen LogP contribution is -2.53. The van der Waals surface area contributed by atoms with Gasteiger partial charge in [0.05, 0.1) is 12.2 Å². The summed E-state index contributed by atoms with van der Waals surface area (Å²) in [5.41, 5.74) is 1.57. The first-order valence-electron chi connectivity index (χ1n) is 8.69. The van der Waals surface area contributed by atoms with Crippen molar-refractivity contribution in [3.8, 4) is 0 Å². The number of benzene rings is 2. The topological polar surface area (TPSA) is 54.3 Å². The van der Waals surface area contributed by atoms with E-state index < -0.39 is 17.8 Å². The quantitative estimate of drug-likeness (QED) is 0.773. The number of halogens is 1. The maximum Gasteiger partial charge on any atom is 0.271 e. The molecule has 0 saturated carbocycles. The molecule has 0 saturated heterocycles. The SMILES string of the molecule is O=C(Nc1ccccc1F)C1Cn2cccc2C(=O)N1Cc1ccccc1. The first kappa shape index (κ1) is 17.0. The number of carbonyl (C=O) groups is 2. The van der Waals surface area contributed by atoms with Crippen molar-refractivity contribution in [1.29, 1.82) is 0 Å². The van der Waals surface area contributed by atoms with Crippen molar-refractivity contribution in [3.63, 3.8) is 0 Å². The Balaban J connectivity index is 1.64. The maximum absolute atomic E-state index is 13.9. The van der Waals surface area contributed by atoms with Crippen LogP contribution >= 0.6 is 0 Å². The van der Waals surface area contributed by atoms with Gasteiger partial charge in [0.1, 0.15) is 17.6 Å². The molecule has 1 N–H and O–H groups in total. The molecular formula is C21H18FN3O2. The number of para-hydroxylation sites is 1. The molecule has 1 aromatic heterocycles. The molecule has 2 aromatic carbocycles. The van der Waals surface area contributed by atoms with Crippen LogP contribution in [0.4, 0.5) is 10.1 Å². The average Bonchev–Trinajstić information content (AvgIpc) is 3.15. The summed E-state index contributed by atoms with van der Waals surface area (Å²) in [5.74, 6) is -1.14. The molecule has 1 unspecified atom stereocenters. The van der Waals surface area contributed by atoms with Crippen molar-refractivity contribution in [1.82, 2.24) is 9.47 Å². The zero-order valence-corrected chi connectivity index (χ0v) is 14.5. The summed E-state index contributed by atoms with van der Waals surface area (Å²) in [5, 5.41) is 2.62. The zero-order valence-electron chi connectivity index (χ0n) is 14.5. The molecular weight excluding hydrogens is 345 g/mol. The number of nitrogens with zero attached hydrogens (tertiary/aromatic N) is 2. The fourth-order valence-electron chi connectivity index (χ4n) is 3.31. The van der Waals surface area contributed by atoms with Crippen LogP contribution in [-0.4, -0.2) is 27.3 Å². The molecule has 2 amide bonds. The minimum atomic E-state index is -0.739. The number of carbonyl (C=O) groups excluding carboxylic acids is 2. The third-order valence-electron chi connectivity index (χ3n) is 4.69. The van der Waals surface area contributed by atoms with Crippen molar-refractivity contribution < 1.29 is 14.0 Å². The van der Waals surface area contributed by atoms with Crippen LogP contribution in [-0.2, 0) is 17.9 Å². The third kappa shape index (κ3) is 3.33. The van der Waals surface area contributed by atoms with E-state index in [1.54, 1.807) is 39.9 Å². The van der Waals surface area contributed by atoms with Gasteiger partial charge in [-0.25, -0.2) is 4.39 Å². The molecule has 5 nitrogen and oxygen atoms in total. The Morgan fingerprint density at radius 2 is 1.78 bits per heavy atom. The molecule has 1 aliphatic rings. The Labute approximate surface area is 156 Å². The third-order valence-corrected chi connectivity index (χ3v) is 4.69. The lowest BCUT2D eigenvalue weighted by Gasteiger charge is -2.35. The van der Waals surface area contributed by atoms with Crippen LogP contribution in [0.15, 0.2) is 72.9 Å². The zero-order chi connectivity index (χ0) is 18.8. The summed E-state index contributed by atoms with van der Waals surface area (Å²) in [7, 11) is 0. The number of hydrogen-bond acceptors (Lipinski definition) is 2. The van der Waals surface area contributed by atoms with E-state index in [2.05, 4.69) is 5.32 Å². The Kier molecular flexibility index (Phi) is 4.46. The lowest BCUT2D eigenvalue weighted by atomic mass is 10.1. The number of amides is 2. The summed E-state index contributed by atoms with van der Waals surface area (Å²) in [6, 6.07) is 18.3. The largest absolute Gasteiger partial charge is 0.341 e. The number of fused-ring (bicyclic) bond motifs is 1. The van der Waals surface area contributed by atoms with Gasteiger partial charge < -0.3 is 14.8 Å². The second-order valence-electron chi connectivity index (χ2n) is 6.45. The van der Waals surface area contributed by atoms with Crippen molar-refractivity contribution in [2.75, 3.05) is 5.32 Å². The van der Waals surface area contributed by atoms with E-state index >= 15 is 0 Å². The van der Waals surface area contributed by atoms with Crippen LogP contribution in [0.5, 0.6) is 0 Å². The first-order valence-corrected chi connectivity index (χ1v) is 8.69. The molecule has 4 rings (SSSR count). The Hall–Kier alpha value is -3.41. The average molecular weight is 363 g/mol. The van der Waals surface area contributed by atoms with Gasteiger partial charge >= 0.3 is 0 Å². The Bertz CT molecular complexity index is 984. The van der Waals surface area contributed by atoms with Gasteiger partial charge in [0, 0.05) is 12.7 Å². The molecule has 1 aliphatic heterocycles. The standard InChI is InChI=1S/C21H18FN3O2/c22-16-9-4-5-10-17(16)23-20(26)19-14-24-12-6-11-18(24)21(27)25(19)13-15-7-2-1-3-8-15/h1-12,19H,13-14H2,(H,23,26). The van der Waals surface area contributed by atoms with E-state index in [9.17, 15) is 14.0 Å². The van der Waals surface area contributed by atoms with Crippen molar-refractivity contribution >= 4 is 17.5 Å². The molecule has 136 valence electrons. The maximum atomic E-state index is 13.9. The van der Waals surface area contributed by atoms with Gasteiger partial charge in [-0.05, 0) is 29.8 Å². The molecule has 2 heterocycles. The Morgan fingerprint density at radius 1 is 1.04 bits per heavy atom. The highest BCUT2D eigenvalue weighted by Crippen LogP contribution is 2.23. The van der Waals surface area contributed by atoms with Crippen LogP contribution in [0, 0.1) is 5.82 Å². The molecule has 1 atom stereocenters. The second-order valence-corrected chi connectivity index (χ2v) is 6.45. The highest BCUT2D eigenvalue weighted by Gasteiger charge is 2.36. The van der Waals surface area contributed by atoms with Crippen molar-refractivity contribution in [2.24, 2.45) is 0 Å². The van der Waals surface area contributed by atoms with Gasteiger partial charge in [-0.2, -0.15) is 0 Å². The molecule has 27 heavy (non-hydrogen) atoms. The van der Waals surface area contributed by atoms with E-state index in [1.165, 1.54) is 12.1 Å². The molecule has 0 bridgehead atoms. The number of anilines is 1. The predicted molar refractivity (Wildman–Crippen MR) is 99.6 cm³/mol. The van der Waals surface area contributed by atoms with E-state index in [4.69, 9.17) is 0 Å². The summed E-state index contributed by atoms with van der Waals surface area (Å²) >= 11 is 0. The van der Waals surface area contributed by atoms with Crippen LogP contribution in [0.2, 0.25) is 0 Å². The van der Waals surface area contributed by atoms with Crippen LogP contribution in [0.1, 0.15) is 16.1 Å². The number of hydrogen-bond donors (Lipinski definition) is 1. The molecule has 3 aromatic rings. The molecule has 0 fully saturated rings. The van der Waals surface area contributed by atoms with Gasteiger partial charge in [-0.15, -0.1) is 0 Å². The van der Waals surface area contributed by atoms with E-state index in [-0.39, 0.29) is 11.6 Å².